The third kappa shape index (κ3) is 10.9. The first-order valence-electron chi connectivity index (χ1n) is 14.0. The number of nitrogens with zero attached hydrogens (tertiary/aromatic N) is 4. The Labute approximate surface area is 306 Å². The quantitative estimate of drug-likeness (QED) is 0.139. The molecule has 0 radical (unpaired) electrons. The first kappa shape index (κ1) is 45.8. The maximum absolute atomic E-state index is 14.9. The van der Waals surface area contributed by atoms with Crippen LogP contribution in [0.1, 0.15) is 42.5 Å². The number of anilines is 2. The molecule has 0 bridgehead atoms. The molecule has 0 amide bonds. The van der Waals surface area contributed by atoms with E-state index >= 15 is 0 Å². The molecule has 2 atom stereocenters. The van der Waals surface area contributed by atoms with E-state index in [-0.39, 0.29) is 30.9 Å². The predicted octanol–water partition coefficient (Wildman–Crippen LogP) is 5.25. The molecule has 304 valence electrons. The van der Waals surface area contributed by atoms with Crippen LogP contribution in [0, 0.1) is 23.3 Å². The van der Waals surface area contributed by atoms with Crippen molar-refractivity contribution < 1.29 is 80.4 Å². The number of hydrogen-bond acceptors (Lipinski definition) is 13. The van der Waals surface area contributed by atoms with Crippen molar-refractivity contribution in [2.45, 2.75) is 31.2 Å². The number of hydrogen-bond donors (Lipinski definition) is 3. The van der Waals surface area contributed by atoms with Gasteiger partial charge >= 0.3 is 11.5 Å². The van der Waals surface area contributed by atoms with Crippen molar-refractivity contribution in [1.82, 2.24) is 19.9 Å². The van der Waals surface area contributed by atoms with Gasteiger partial charge in [-0.1, -0.05) is 19.6 Å². The Kier molecular flexibility index (Phi) is 15.6. The summed E-state index contributed by atoms with van der Waals surface area (Å²) in [5.74, 6) is -16.1. The van der Waals surface area contributed by atoms with E-state index in [1.165, 1.54) is 45.3 Å². The van der Waals surface area contributed by atoms with E-state index in [0.717, 1.165) is 10.8 Å². The zero-order chi connectivity index (χ0) is 40.7. The topological polar surface area (TPSA) is 201 Å². The summed E-state index contributed by atoms with van der Waals surface area (Å²) < 4.78 is 187. The molecule has 55 heavy (non-hydrogen) atoms. The predicted molar refractivity (Wildman–Crippen MR) is 174 cm³/mol. The summed E-state index contributed by atoms with van der Waals surface area (Å²) >= 11 is 0. The molecule has 15 nitrogen and oxygen atoms in total. The molecule has 4 aromatic rings. The Morgan fingerprint density at radius 1 is 0.582 bits per heavy atom. The fourth-order valence-corrected chi connectivity index (χ4v) is 5.09. The van der Waals surface area contributed by atoms with Gasteiger partial charge in [-0.05, 0) is 12.1 Å². The number of halogens is 9. The molecule has 2 aromatic carbocycles. The zero-order valence-corrected chi connectivity index (χ0v) is 29.1. The van der Waals surface area contributed by atoms with E-state index in [1.807, 2.05) is 0 Å². The minimum atomic E-state index is -5.40. The van der Waals surface area contributed by atoms with Crippen LogP contribution < -0.4 is 28.4 Å². The van der Waals surface area contributed by atoms with Crippen molar-refractivity contribution in [3.05, 3.63) is 82.4 Å². The van der Waals surface area contributed by atoms with E-state index in [1.54, 1.807) is 0 Å². The highest BCUT2D eigenvalue weighted by molar-refractivity contribution is 7.93. The van der Waals surface area contributed by atoms with Crippen LogP contribution in [0.3, 0.4) is 0 Å². The van der Waals surface area contributed by atoms with Crippen molar-refractivity contribution in [2.75, 3.05) is 37.9 Å². The first-order valence-corrected chi connectivity index (χ1v) is 17.1. The molecule has 0 aliphatic rings. The maximum atomic E-state index is 14.9. The van der Waals surface area contributed by atoms with Crippen LogP contribution in [0.15, 0.2) is 36.4 Å². The Balaban J connectivity index is 0.000000373. The molecule has 4 rings (SSSR count). The number of aromatic nitrogens is 4. The Hall–Kier alpha value is -5.37. The number of alkyl halides is 5. The van der Waals surface area contributed by atoms with E-state index in [0.29, 0.717) is 18.2 Å². The van der Waals surface area contributed by atoms with E-state index in [2.05, 4.69) is 19.9 Å². The lowest BCUT2D eigenvalue weighted by molar-refractivity contribution is 0.206. The van der Waals surface area contributed by atoms with Crippen LogP contribution in [0.5, 0.6) is 23.5 Å². The Bertz CT molecular complexity index is 1990. The monoisotopic (exact) mass is 840 g/mol. The highest BCUT2D eigenvalue weighted by atomic mass is 32.2. The molecule has 2 aromatic heterocycles. The lowest BCUT2D eigenvalue weighted by Gasteiger charge is -2.17. The second-order valence-corrected chi connectivity index (χ2v) is 13.2. The molecule has 0 fully saturated rings. The van der Waals surface area contributed by atoms with Crippen LogP contribution in [-0.2, 0) is 20.0 Å². The number of rotatable bonds is 14. The van der Waals surface area contributed by atoms with Crippen LogP contribution in [0.25, 0.3) is 0 Å². The summed E-state index contributed by atoms with van der Waals surface area (Å²) in [6.45, 7) is 0. The fraction of sp³-hybridized carbons (Fsp3) is 0.310. The first-order chi connectivity index (χ1) is 25.2. The Morgan fingerprint density at radius 3 is 1.25 bits per heavy atom. The van der Waals surface area contributed by atoms with Gasteiger partial charge in [0.15, 0.2) is 41.1 Å². The maximum Gasteiger partial charge on any atom is 0.355 e. The summed E-state index contributed by atoms with van der Waals surface area (Å²) in [6, 6.07) is 4.98. The van der Waals surface area contributed by atoms with Gasteiger partial charge in [-0.25, -0.2) is 38.8 Å². The van der Waals surface area contributed by atoms with Crippen molar-refractivity contribution in [1.29, 1.82) is 0 Å². The summed E-state index contributed by atoms with van der Waals surface area (Å²) in [6.07, 6.45) is -4.36. The summed E-state index contributed by atoms with van der Waals surface area (Å²) in [4.78, 5) is 14.9. The van der Waals surface area contributed by atoms with Crippen molar-refractivity contribution >= 4 is 31.4 Å². The van der Waals surface area contributed by atoms with Crippen LogP contribution in [0.4, 0.5) is 50.9 Å². The van der Waals surface area contributed by atoms with Gasteiger partial charge < -0.3 is 24.1 Å². The second-order valence-electron chi connectivity index (χ2n) is 9.85. The number of methoxy groups -OCH3 is 4. The van der Waals surface area contributed by atoms with Crippen LogP contribution >= 0.6 is 0 Å². The second kappa shape index (κ2) is 18.8. The molecule has 0 aliphatic heterocycles. The highest BCUT2D eigenvalue weighted by Gasteiger charge is 2.32. The summed E-state index contributed by atoms with van der Waals surface area (Å²) in [5, 5.41) is 10.4. The van der Waals surface area contributed by atoms with E-state index in [4.69, 9.17) is 18.9 Å². The minimum Gasteiger partial charge on any atom is -0.481 e. The van der Waals surface area contributed by atoms with Gasteiger partial charge in [-0.2, -0.15) is 37.5 Å². The summed E-state index contributed by atoms with van der Waals surface area (Å²) in [7, 11) is -5.84. The number of aliphatic hydroxyl groups excluding tert-OH is 1. The molecule has 0 aliphatic carbocycles. The van der Waals surface area contributed by atoms with Gasteiger partial charge in [0.2, 0.25) is 23.5 Å². The van der Waals surface area contributed by atoms with Gasteiger partial charge in [-0.15, -0.1) is 0 Å². The molecular formula is C29H29F9N6O9S2. The standard InChI is InChI=1S/C14H12F5N3O4S.C14H13F4N3O5S.CH4/c1-25-8-5-9(26-2)21-13(20-8)10(16)6-3-4-7(15)11(17)12(6)22-27(23,24)14(18)19;1-25-8-5-9(26-2)20-13(19-8)12(22)6-3-4-7(15)10(16)11(6)21-27(23,24)14(17)18;/h3-5,10,14,22H,1-2H3;3-5,12,14,21-22H,1-2H3;1H4. The van der Waals surface area contributed by atoms with Gasteiger partial charge in [0.1, 0.15) is 6.10 Å². The third-order valence-electron chi connectivity index (χ3n) is 6.48. The van der Waals surface area contributed by atoms with E-state index < -0.39 is 101 Å². The number of aliphatic hydroxyl groups is 1. The number of benzene rings is 2. The number of nitrogens with one attached hydrogen (secondary N) is 2. The van der Waals surface area contributed by atoms with E-state index in [9.17, 15) is 61.5 Å². The van der Waals surface area contributed by atoms with Crippen molar-refractivity contribution in [3.8, 4) is 23.5 Å². The summed E-state index contributed by atoms with van der Waals surface area (Å²) in [5.41, 5.74) is -3.96. The molecule has 0 saturated carbocycles. The van der Waals surface area contributed by atoms with Crippen molar-refractivity contribution in [2.24, 2.45) is 0 Å². The third-order valence-corrected chi connectivity index (χ3v) is 8.40. The minimum absolute atomic E-state index is 0. The fourth-order valence-electron chi connectivity index (χ4n) is 3.93. The highest BCUT2D eigenvalue weighted by Crippen LogP contribution is 2.36. The molecule has 0 saturated heterocycles. The van der Waals surface area contributed by atoms with Crippen molar-refractivity contribution in [3.63, 3.8) is 0 Å². The van der Waals surface area contributed by atoms with Gasteiger partial charge in [0, 0.05) is 11.1 Å². The molecule has 2 unspecified atom stereocenters. The normalized spacial score (nSPS) is 12.5. The van der Waals surface area contributed by atoms with Gasteiger partial charge in [-0.3, -0.25) is 9.44 Å². The van der Waals surface area contributed by atoms with Crippen LogP contribution in [0.2, 0.25) is 0 Å². The molecule has 26 heteroatoms. The Morgan fingerprint density at radius 2 is 0.909 bits per heavy atom. The SMILES string of the molecule is C.COc1cc(OC)nc(C(F)c2ccc(F)c(F)c2NS(=O)(=O)C(F)F)n1.COc1cc(OC)nc(C(O)c2ccc(F)c(F)c2NS(=O)(=O)C(F)F)n1. The smallest absolute Gasteiger partial charge is 0.355 e. The molecular weight excluding hydrogens is 811 g/mol. The average molecular weight is 841 g/mol. The molecule has 2 heterocycles. The van der Waals surface area contributed by atoms with Crippen LogP contribution in [-0.4, -0.2) is 81.8 Å². The largest absolute Gasteiger partial charge is 0.481 e. The van der Waals surface area contributed by atoms with Gasteiger partial charge in [0.05, 0.1) is 51.9 Å². The molecule has 3 N–H and O–H groups in total. The number of ether oxygens (including phenoxy) is 4. The lowest BCUT2D eigenvalue weighted by Crippen LogP contribution is -2.23. The lowest BCUT2D eigenvalue weighted by atomic mass is 10.1. The van der Waals surface area contributed by atoms with Gasteiger partial charge in [0.25, 0.3) is 20.0 Å². The molecule has 0 spiro atoms. The average Bonchev–Trinajstić information content (AvgIpc) is 3.14. The zero-order valence-electron chi connectivity index (χ0n) is 27.5. The number of sulfonamides is 2.